The molecule has 0 saturated carbocycles. The smallest absolute Gasteiger partial charge is 0.293 e. The third-order valence-corrected chi connectivity index (χ3v) is 12.2. The van der Waals surface area contributed by atoms with Gasteiger partial charge in [0, 0.05) is 89.7 Å². The number of amides is 1. The number of nitrogens with zero attached hydrogens (tertiary/aromatic N) is 4. The monoisotopic (exact) mass is 768 g/mol. The highest BCUT2D eigenvalue weighted by molar-refractivity contribution is 7.99. The number of fused-ring (bicyclic) bond motifs is 3. The van der Waals surface area contributed by atoms with E-state index in [1.807, 2.05) is 73.1 Å². The van der Waals surface area contributed by atoms with Crippen molar-refractivity contribution in [3.63, 3.8) is 0 Å². The summed E-state index contributed by atoms with van der Waals surface area (Å²) in [6.07, 6.45) is 5.36. The number of pyridine rings is 1. The first kappa shape index (κ1) is 36.4. The standard InChI is InChI=1S/C39H37ClN6O5S2/c40-31-10-6-27(7-11-31)35-24-41-17-16-30(35)25-44-19-20-45-32(26-44)12-8-28-22-29(9-15-37(28)45)39(47)43-53(50,51)34-13-14-36(38(23-34)46(48)49)42-18-21-52-33-4-2-1-3-5-33/h1-7,9-11,13-17,22-24,32,42H,8,12,18-21,25-26H2,(H,43,47)/t32-/m1/s1. The Morgan fingerprint density at radius 3 is 2.60 bits per heavy atom. The number of carbonyl (C=O) groups is 1. The van der Waals surface area contributed by atoms with E-state index in [9.17, 15) is 23.3 Å². The Bertz CT molecular complexity index is 2240. The van der Waals surface area contributed by atoms with Crippen molar-refractivity contribution in [2.24, 2.45) is 0 Å². The molecule has 11 nitrogen and oxygen atoms in total. The molecule has 1 aromatic heterocycles. The van der Waals surface area contributed by atoms with Crippen LogP contribution in [0.25, 0.3) is 11.1 Å². The van der Waals surface area contributed by atoms with Gasteiger partial charge in [-0.2, -0.15) is 0 Å². The van der Waals surface area contributed by atoms with Gasteiger partial charge in [-0.05, 0) is 90.2 Å². The van der Waals surface area contributed by atoms with Crippen LogP contribution in [-0.2, 0) is 23.0 Å². The summed E-state index contributed by atoms with van der Waals surface area (Å²) in [5.41, 5.74) is 5.41. The van der Waals surface area contributed by atoms with E-state index in [4.69, 9.17) is 11.6 Å². The molecule has 0 unspecified atom stereocenters. The maximum absolute atomic E-state index is 13.3. The van der Waals surface area contributed by atoms with E-state index in [0.29, 0.717) is 23.4 Å². The molecule has 272 valence electrons. The van der Waals surface area contributed by atoms with Gasteiger partial charge in [-0.3, -0.25) is 24.8 Å². The highest BCUT2D eigenvalue weighted by Crippen LogP contribution is 2.35. The van der Waals surface area contributed by atoms with Crippen LogP contribution in [0.4, 0.5) is 17.1 Å². The molecule has 1 amide bonds. The van der Waals surface area contributed by atoms with Crippen molar-refractivity contribution in [2.45, 2.75) is 35.2 Å². The lowest BCUT2D eigenvalue weighted by Gasteiger charge is -2.46. The molecule has 2 N–H and O–H groups in total. The summed E-state index contributed by atoms with van der Waals surface area (Å²) in [6.45, 7) is 3.77. The van der Waals surface area contributed by atoms with E-state index in [-0.39, 0.29) is 16.1 Å². The lowest BCUT2D eigenvalue weighted by atomic mass is 9.92. The second-order valence-electron chi connectivity index (χ2n) is 13.0. The van der Waals surface area contributed by atoms with E-state index in [2.05, 4.69) is 30.9 Å². The molecule has 4 aromatic carbocycles. The Labute approximate surface area is 317 Å². The quantitative estimate of drug-likeness (QED) is 0.0577. The largest absolute Gasteiger partial charge is 0.379 e. The van der Waals surface area contributed by atoms with Crippen LogP contribution in [0.2, 0.25) is 5.02 Å². The number of halogens is 1. The van der Waals surface area contributed by atoms with Gasteiger partial charge >= 0.3 is 0 Å². The van der Waals surface area contributed by atoms with Gasteiger partial charge in [-0.15, -0.1) is 11.8 Å². The Morgan fingerprint density at radius 2 is 1.81 bits per heavy atom. The second-order valence-corrected chi connectivity index (χ2v) is 16.3. The number of sulfonamides is 1. The number of carbonyl (C=O) groups excluding carboxylic acids is 1. The number of benzene rings is 4. The molecule has 7 rings (SSSR count). The Kier molecular flexibility index (Phi) is 11.0. The van der Waals surface area contributed by atoms with Crippen LogP contribution < -0.4 is 14.9 Å². The molecule has 1 atom stereocenters. The predicted molar refractivity (Wildman–Crippen MR) is 209 cm³/mol. The SMILES string of the molecule is O=C(NS(=O)(=O)c1ccc(NCCSc2ccccc2)c([N+](=O)[O-])c1)c1ccc2c(c1)CC[C@@H]1CN(Cc3ccncc3-c3ccc(Cl)cc3)CCN21. The minimum atomic E-state index is -4.40. The Morgan fingerprint density at radius 1 is 1.00 bits per heavy atom. The van der Waals surface area contributed by atoms with Gasteiger partial charge in [-0.25, -0.2) is 13.1 Å². The number of anilines is 2. The summed E-state index contributed by atoms with van der Waals surface area (Å²) in [5.74, 6) is -0.148. The lowest BCUT2D eigenvalue weighted by Crippen LogP contribution is -2.54. The third-order valence-electron chi connectivity index (χ3n) is 9.56. The number of aromatic nitrogens is 1. The normalized spacial score (nSPS) is 15.6. The number of thioether (sulfide) groups is 1. The van der Waals surface area contributed by atoms with Gasteiger partial charge in [0.05, 0.1) is 9.82 Å². The fraction of sp³-hybridized carbons (Fsp3) is 0.231. The molecule has 2 aliphatic rings. The van der Waals surface area contributed by atoms with Gasteiger partial charge in [-0.1, -0.05) is 41.9 Å². The van der Waals surface area contributed by atoms with Gasteiger partial charge in [0.2, 0.25) is 0 Å². The molecule has 0 bridgehead atoms. The van der Waals surface area contributed by atoms with Crippen molar-refractivity contribution in [1.29, 1.82) is 0 Å². The molecule has 5 aromatic rings. The minimum absolute atomic E-state index is 0.197. The molecule has 53 heavy (non-hydrogen) atoms. The number of hydrogen-bond donors (Lipinski definition) is 2. The number of nitro benzene ring substituents is 1. The first-order valence-corrected chi connectivity index (χ1v) is 20.1. The molecular weight excluding hydrogens is 732 g/mol. The number of nitro groups is 1. The zero-order valence-electron chi connectivity index (χ0n) is 28.7. The van der Waals surface area contributed by atoms with Crippen molar-refractivity contribution in [2.75, 3.05) is 42.1 Å². The topological polar surface area (TPSA) is 138 Å². The predicted octanol–water partition coefficient (Wildman–Crippen LogP) is 7.27. The van der Waals surface area contributed by atoms with Crippen LogP contribution in [0, 0.1) is 10.1 Å². The van der Waals surface area contributed by atoms with E-state index >= 15 is 0 Å². The zero-order chi connectivity index (χ0) is 37.0. The van der Waals surface area contributed by atoms with Crippen molar-refractivity contribution in [3.05, 3.63) is 141 Å². The van der Waals surface area contributed by atoms with Crippen LogP contribution >= 0.6 is 23.4 Å². The van der Waals surface area contributed by atoms with Gasteiger partial charge < -0.3 is 10.2 Å². The third kappa shape index (κ3) is 8.49. The number of hydrogen-bond acceptors (Lipinski definition) is 10. The van der Waals surface area contributed by atoms with Crippen LogP contribution in [0.1, 0.15) is 27.9 Å². The van der Waals surface area contributed by atoms with Crippen molar-refractivity contribution in [3.8, 4) is 11.1 Å². The van der Waals surface area contributed by atoms with Gasteiger partial charge in [0.25, 0.3) is 21.6 Å². The summed E-state index contributed by atoms with van der Waals surface area (Å²) in [5, 5.41) is 15.6. The van der Waals surface area contributed by atoms with E-state index in [1.54, 1.807) is 23.9 Å². The molecule has 1 fully saturated rings. The molecule has 2 aliphatic heterocycles. The molecule has 14 heteroatoms. The molecule has 0 spiro atoms. The summed E-state index contributed by atoms with van der Waals surface area (Å²) < 4.78 is 28.7. The van der Waals surface area contributed by atoms with Crippen LogP contribution in [0.5, 0.6) is 0 Å². The first-order chi connectivity index (χ1) is 25.6. The van der Waals surface area contributed by atoms with Crippen LogP contribution in [0.15, 0.2) is 119 Å². The van der Waals surface area contributed by atoms with Crippen molar-refractivity contribution < 1.29 is 18.1 Å². The maximum Gasteiger partial charge on any atom is 0.293 e. The average molecular weight is 769 g/mol. The van der Waals surface area contributed by atoms with Crippen molar-refractivity contribution >= 4 is 56.4 Å². The molecule has 1 saturated heterocycles. The van der Waals surface area contributed by atoms with Crippen molar-refractivity contribution in [1.82, 2.24) is 14.6 Å². The van der Waals surface area contributed by atoms with Crippen LogP contribution in [-0.4, -0.2) is 67.1 Å². The number of piperazine rings is 1. The average Bonchev–Trinajstić information content (AvgIpc) is 3.17. The number of nitrogens with one attached hydrogen (secondary N) is 2. The lowest BCUT2D eigenvalue weighted by molar-refractivity contribution is -0.384. The fourth-order valence-electron chi connectivity index (χ4n) is 6.94. The molecule has 3 heterocycles. The zero-order valence-corrected chi connectivity index (χ0v) is 31.0. The summed E-state index contributed by atoms with van der Waals surface area (Å²) >= 11 is 7.71. The maximum atomic E-state index is 13.3. The highest BCUT2D eigenvalue weighted by Gasteiger charge is 2.33. The molecular formula is C39H37ClN6O5S2. The van der Waals surface area contributed by atoms with E-state index < -0.39 is 26.5 Å². The Hall–Kier alpha value is -4.95. The van der Waals surface area contributed by atoms with Crippen LogP contribution in [0.3, 0.4) is 0 Å². The molecule has 0 radical (unpaired) electrons. The second kappa shape index (κ2) is 16.0. The minimum Gasteiger partial charge on any atom is -0.379 e. The van der Waals surface area contributed by atoms with E-state index in [1.165, 1.54) is 17.7 Å². The summed E-state index contributed by atoms with van der Waals surface area (Å²) in [7, 11) is -4.40. The first-order valence-electron chi connectivity index (χ1n) is 17.2. The van der Waals surface area contributed by atoms with E-state index in [0.717, 1.165) is 72.4 Å². The fourth-order valence-corrected chi connectivity index (χ4v) is 8.85. The Balaban J connectivity index is 0.978. The van der Waals surface area contributed by atoms with Gasteiger partial charge in [0.1, 0.15) is 5.69 Å². The molecule has 0 aliphatic carbocycles. The van der Waals surface area contributed by atoms with Gasteiger partial charge in [0.15, 0.2) is 0 Å². The highest BCUT2D eigenvalue weighted by atomic mass is 35.5. The number of rotatable bonds is 12. The summed E-state index contributed by atoms with van der Waals surface area (Å²) in [4.78, 5) is 34.4. The number of aryl methyl sites for hydroxylation is 1. The summed E-state index contributed by atoms with van der Waals surface area (Å²) in [6, 6.07) is 28.8.